The molecule has 0 amide bonds. The van der Waals surface area contributed by atoms with Crippen LogP contribution in [0.2, 0.25) is 0 Å². The second kappa shape index (κ2) is 23.8. The van der Waals surface area contributed by atoms with E-state index < -0.39 is 0 Å². The van der Waals surface area contributed by atoms with Crippen molar-refractivity contribution < 1.29 is 0 Å². The van der Waals surface area contributed by atoms with Gasteiger partial charge in [0.15, 0.2) is 0 Å². The molecule has 0 radical (unpaired) electrons. The van der Waals surface area contributed by atoms with E-state index in [2.05, 4.69) is 130 Å². The molecule has 0 heterocycles. The molecular weight excluding hydrogens is 468 g/mol. The van der Waals surface area contributed by atoms with E-state index in [1.54, 1.807) is 0 Å². The fourth-order valence-corrected chi connectivity index (χ4v) is 4.34. The van der Waals surface area contributed by atoms with Crippen LogP contribution in [0.1, 0.15) is 140 Å². The maximum atomic E-state index is 2.45. The second-order valence-corrected chi connectivity index (χ2v) is 12.5. The van der Waals surface area contributed by atoms with Crippen molar-refractivity contribution in [2.24, 2.45) is 11.8 Å². The number of hydrogen-bond donors (Lipinski definition) is 0. The van der Waals surface area contributed by atoms with Crippen LogP contribution in [0.3, 0.4) is 0 Å². The first-order valence-corrected chi connectivity index (χ1v) is 15.7. The first-order chi connectivity index (χ1) is 18.5. The van der Waals surface area contributed by atoms with Crippen molar-refractivity contribution in [3.63, 3.8) is 0 Å². The van der Waals surface area contributed by atoms with E-state index in [4.69, 9.17) is 0 Å². The molecule has 0 aromatic carbocycles. The molecular formula is C39H64. The number of hydrogen-bond acceptors (Lipinski definition) is 0. The largest absolute Gasteiger partial charge is 0.0856 e. The minimum Gasteiger partial charge on any atom is -0.0856 e. The van der Waals surface area contributed by atoms with Gasteiger partial charge in [-0.3, -0.25) is 0 Å². The zero-order chi connectivity index (χ0) is 29.5. The third kappa shape index (κ3) is 25.9. The third-order valence-corrected chi connectivity index (χ3v) is 7.19. The molecule has 2 atom stereocenters. The van der Waals surface area contributed by atoms with Gasteiger partial charge in [0.2, 0.25) is 0 Å². The summed E-state index contributed by atoms with van der Waals surface area (Å²) in [5.41, 5.74) is 8.93. The van der Waals surface area contributed by atoms with E-state index in [0.717, 1.165) is 12.8 Å². The SMILES string of the molecule is CC(C)=CCC/C(C)=C/CC/C(C)=C/CCC(C)/C=C/C=C/C(C)C/C=C(\C)CC/C=C(\C)CCC=C(C)C. The van der Waals surface area contributed by atoms with Crippen molar-refractivity contribution in [2.75, 3.05) is 0 Å². The van der Waals surface area contributed by atoms with Gasteiger partial charge < -0.3 is 0 Å². The van der Waals surface area contributed by atoms with Crippen LogP contribution < -0.4 is 0 Å². The van der Waals surface area contributed by atoms with Crippen LogP contribution in [0.15, 0.2) is 94.2 Å². The Morgan fingerprint density at radius 3 is 1.23 bits per heavy atom. The zero-order valence-electron chi connectivity index (χ0n) is 27.7. The summed E-state index contributed by atoms with van der Waals surface area (Å²) in [5, 5.41) is 0. The van der Waals surface area contributed by atoms with E-state index in [-0.39, 0.29) is 0 Å². The molecule has 2 unspecified atom stereocenters. The van der Waals surface area contributed by atoms with Crippen LogP contribution in [0.4, 0.5) is 0 Å². The Kier molecular flexibility index (Phi) is 22.5. The Morgan fingerprint density at radius 2 is 0.795 bits per heavy atom. The summed E-state index contributed by atoms with van der Waals surface area (Å²) in [5.74, 6) is 1.20. The van der Waals surface area contributed by atoms with Gasteiger partial charge in [-0.25, -0.2) is 0 Å². The lowest BCUT2D eigenvalue weighted by Gasteiger charge is -2.05. The highest BCUT2D eigenvalue weighted by Gasteiger charge is 1.98. The van der Waals surface area contributed by atoms with Gasteiger partial charge in [0.05, 0.1) is 0 Å². The van der Waals surface area contributed by atoms with E-state index in [9.17, 15) is 0 Å². The molecule has 0 heteroatoms. The topological polar surface area (TPSA) is 0 Å². The fourth-order valence-electron chi connectivity index (χ4n) is 4.34. The van der Waals surface area contributed by atoms with Crippen molar-refractivity contribution >= 4 is 0 Å². The lowest BCUT2D eigenvalue weighted by molar-refractivity contribution is 0.655. The van der Waals surface area contributed by atoms with Gasteiger partial charge in [-0.2, -0.15) is 0 Å². The summed E-state index contributed by atoms with van der Waals surface area (Å²) in [6, 6.07) is 0. The molecule has 0 saturated heterocycles. The molecule has 39 heavy (non-hydrogen) atoms. The lowest BCUT2D eigenvalue weighted by Crippen LogP contribution is -1.89. The first kappa shape index (κ1) is 36.9. The maximum absolute atomic E-state index is 2.45. The van der Waals surface area contributed by atoms with E-state index in [1.807, 2.05) is 0 Å². The van der Waals surface area contributed by atoms with Crippen molar-refractivity contribution in [3.05, 3.63) is 94.2 Å². The number of allylic oxidation sites excluding steroid dienone is 16. The lowest BCUT2D eigenvalue weighted by atomic mass is 10.0. The molecule has 0 aromatic rings. The van der Waals surface area contributed by atoms with Crippen molar-refractivity contribution in [1.82, 2.24) is 0 Å². The van der Waals surface area contributed by atoms with Gasteiger partial charge in [-0.1, -0.05) is 108 Å². The second-order valence-electron chi connectivity index (χ2n) is 12.5. The van der Waals surface area contributed by atoms with Crippen LogP contribution >= 0.6 is 0 Å². The van der Waals surface area contributed by atoms with Crippen LogP contribution in [-0.4, -0.2) is 0 Å². The van der Waals surface area contributed by atoms with Crippen LogP contribution in [0.5, 0.6) is 0 Å². The van der Waals surface area contributed by atoms with Gasteiger partial charge in [0, 0.05) is 0 Å². The highest BCUT2D eigenvalue weighted by atomic mass is 14.0. The molecule has 0 aromatic heterocycles. The average Bonchev–Trinajstić information content (AvgIpc) is 2.85. The zero-order valence-corrected chi connectivity index (χ0v) is 27.7. The highest BCUT2D eigenvalue weighted by Crippen LogP contribution is 2.16. The van der Waals surface area contributed by atoms with Crippen molar-refractivity contribution in [1.29, 1.82) is 0 Å². The first-order valence-electron chi connectivity index (χ1n) is 15.7. The summed E-state index contributed by atoms with van der Waals surface area (Å²) in [4.78, 5) is 0. The van der Waals surface area contributed by atoms with Gasteiger partial charge >= 0.3 is 0 Å². The summed E-state index contributed by atoms with van der Waals surface area (Å²) >= 11 is 0. The smallest absolute Gasteiger partial charge is 0.0224 e. The quantitative estimate of drug-likeness (QED) is 0.108. The Bertz CT molecular complexity index is 882. The average molecular weight is 533 g/mol. The Labute approximate surface area is 245 Å². The molecule has 0 aliphatic heterocycles. The van der Waals surface area contributed by atoms with Crippen LogP contribution in [0, 0.1) is 11.8 Å². The maximum Gasteiger partial charge on any atom is -0.0224 e. The molecule has 0 spiro atoms. The predicted octanol–water partition coefficient (Wildman–Crippen LogP) is 13.4. The van der Waals surface area contributed by atoms with E-state index >= 15 is 0 Å². The Morgan fingerprint density at radius 1 is 0.436 bits per heavy atom. The molecule has 0 bridgehead atoms. The fraction of sp³-hybridized carbons (Fsp3) is 0.590. The van der Waals surface area contributed by atoms with Gasteiger partial charge in [-0.15, -0.1) is 0 Å². The van der Waals surface area contributed by atoms with Gasteiger partial charge in [0.25, 0.3) is 0 Å². The highest BCUT2D eigenvalue weighted by molar-refractivity contribution is 5.09. The normalized spacial score (nSPS) is 15.2. The molecule has 0 N–H and O–H groups in total. The molecule has 0 aliphatic rings. The summed E-state index contributed by atoms with van der Waals surface area (Å²) in [7, 11) is 0. The predicted molar refractivity (Wildman–Crippen MR) is 181 cm³/mol. The molecule has 0 rings (SSSR count). The summed E-state index contributed by atoms with van der Waals surface area (Å²) in [6.07, 6.45) is 36.6. The minimum atomic E-state index is 0.580. The Balaban J connectivity index is 4.21. The van der Waals surface area contributed by atoms with E-state index in [1.165, 1.54) is 91.2 Å². The third-order valence-electron chi connectivity index (χ3n) is 7.19. The van der Waals surface area contributed by atoms with Crippen molar-refractivity contribution in [2.45, 2.75) is 140 Å². The molecule has 0 fully saturated rings. The Hall–Kier alpha value is -2.08. The monoisotopic (exact) mass is 533 g/mol. The van der Waals surface area contributed by atoms with Crippen LogP contribution in [-0.2, 0) is 0 Å². The molecule has 220 valence electrons. The minimum absolute atomic E-state index is 0.580. The van der Waals surface area contributed by atoms with Crippen LogP contribution in [0.25, 0.3) is 0 Å². The molecule has 0 saturated carbocycles. The van der Waals surface area contributed by atoms with Crippen molar-refractivity contribution in [3.8, 4) is 0 Å². The summed E-state index contributed by atoms with van der Waals surface area (Å²) < 4.78 is 0. The molecule has 0 nitrogen and oxygen atoms in total. The molecule has 0 aliphatic carbocycles. The van der Waals surface area contributed by atoms with Gasteiger partial charge in [-0.05, 0) is 138 Å². The van der Waals surface area contributed by atoms with E-state index in [0.29, 0.717) is 11.8 Å². The number of rotatable bonds is 20. The van der Waals surface area contributed by atoms with Gasteiger partial charge in [0.1, 0.15) is 0 Å². The summed E-state index contributed by atoms with van der Waals surface area (Å²) in [6.45, 7) is 22.5. The standard InChI is InChI=1S/C39H64/c1-32(2)18-13-22-35(6)25-16-27-37(8)26-15-24-34(5)20-11-12-21-38(9)30-31-39(10)29-17-28-36(7)23-14-19-33(3)4/h11-12,18-21,25-26,28,31,34,38H,13-17,22-24,27,29-30H2,1-10H3/b20-11+,21-12+,35-25+,36-28+,37-26+,39-31+.